The number of rotatable bonds is 7. The summed E-state index contributed by atoms with van der Waals surface area (Å²) in [6.45, 7) is 3.04. The summed E-state index contributed by atoms with van der Waals surface area (Å²) in [6.07, 6.45) is 0. The molecule has 1 N–H and O–H groups in total. The fourth-order valence-electron chi connectivity index (χ4n) is 4.55. The molecule has 0 radical (unpaired) electrons. The number of ketones is 1. The molecule has 1 saturated heterocycles. The Morgan fingerprint density at radius 2 is 1.51 bits per heavy atom. The Bertz CT molecular complexity index is 1440. The summed E-state index contributed by atoms with van der Waals surface area (Å²) in [5, 5.41) is 15.2. The van der Waals surface area contributed by atoms with Crippen molar-refractivity contribution in [2.24, 2.45) is 0 Å². The van der Waals surface area contributed by atoms with Gasteiger partial charge in [-0.05, 0) is 36.4 Å². The maximum absolute atomic E-state index is 13.3. The van der Waals surface area contributed by atoms with Crippen LogP contribution in [0.1, 0.15) is 10.4 Å². The van der Waals surface area contributed by atoms with Crippen LogP contribution in [-0.4, -0.2) is 49.3 Å². The molecule has 2 aliphatic rings. The molecule has 2 aliphatic heterocycles. The van der Waals surface area contributed by atoms with E-state index in [1.54, 1.807) is 46.7 Å². The number of Topliss-reactive ketones (excluding diaryl/α,β-unsaturated/α-hetero) is 1. The van der Waals surface area contributed by atoms with Crippen molar-refractivity contribution < 1.29 is 14.0 Å². The molecule has 0 unspecified atom stereocenters. The first-order valence-corrected chi connectivity index (χ1v) is 13.4. The summed E-state index contributed by atoms with van der Waals surface area (Å²) in [6, 6.07) is 26.5. The number of hydrogen-bond donors (Lipinski definition) is 1. The Morgan fingerprint density at radius 1 is 0.872 bits per heavy atom. The maximum atomic E-state index is 13.3. The van der Waals surface area contributed by atoms with Crippen LogP contribution in [0.4, 0.5) is 15.8 Å². The number of carbonyl (C=O) groups is 2. The molecule has 3 aromatic rings. The van der Waals surface area contributed by atoms with E-state index in [9.17, 15) is 19.2 Å². The van der Waals surface area contributed by atoms with Gasteiger partial charge in [-0.15, -0.1) is 0 Å². The minimum Gasteiger partial charge on any atom is -0.369 e. The molecule has 1 amide bonds. The normalized spacial score (nSPS) is 16.9. The molecule has 0 atom stereocenters. The number of benzene rings is 3. The molecule has 0 aliphatic carbocycles. The number of allylic oxidation sites excluding steroid dienone is 1. The third-order valence-corrected chi connectivity index (χ3v) is 7.48. The first kappa shape index (κ1) is 26.2. The van der Waals surface area contributed by atoms with Crippen LogP contribution in [-0.2, 0) is 4.79 Å². The number of nitrogens with zero attached hydrogens (tertiary/aromatic N) is 4. The molecular weight excluding hydrogens is 513 g/mol. The number of halogens is 1. The van der Waals surface area contributed by atoms with E-state index in [1.165, 1.54) is 23.9 Å². The van der Waals surface area contributed by atoms with Crippen LogP contribution in [0, 0.1) is 17.1 Å². The molecule has 9 heteroatoms. The molecule has 3 aromatic carbocycles. The van der Waals surface area contributed by atoms with Gasteiger partial charge in [-0.25, -0.2) is 4.39 Å². The van der Waals surface area contributed by atoms with Crippen molar-refractivity contribution in [1.29, 1.82) is 5.26 Å². The van der Waals surface area contributed by atoms with Gasteiger partial charge in [0.05, 0.1) is 6.54 Å². The number of anilines is 2. The average Bonchev–Trinajstić information content (AvgIpc) is 3.38. The van der Waals surface area contributed by atoms with E-state index in [0.717, 1.165) is 24.5 Å². The summed E-state index contributed by atoms with van der Waals surface area (Å²) in [7, 11) is 0. The lowest BCUT2D eigenvalue weighted by Crippen LogP contribution is -2.49. The summed E-state index contributed by atoms with van der Waals surface area (Å²) >= 11 is 1.23. The predicted molar refractivity (Wildman–Crippen MR) is 151 cm³/mol. The second kappa shape index (κ2) is 12.0. The topological polar surface area (TPSA) is 79.7 Å². The van der Waals surface area contributed by atoms with Crippen LogP contribution in [0.15, 0.2) is 107 Å². The third-order valence-electron chi connectivity index (χ3n) is 6.53. The SMILES string of the molecule is N#CC(C(=O)c1ccccc1)=C1SC=C(NC(=O)CN2CCN(c3ccc(F)cc3)CC2)N1c1ccccc1. The van der Waals surface area contributed by atoms with Crippen molar-refractivity contribution in [3.8, 4) is 6.07 Å². The van der Waals surface area contributed by atoms with E-state index >= 15 is 0 Å². The lowest BCUT2D eigenvalue weighted by molar-refractivity contribution is -0.121. The lowest BCUT2D eigenvalue weighted by atomic mass is 10.1. The smallest absolute Gasteiger partial charge is 0.239 e. The van der Waals surface area contributed by atoms with E-state index in [0.29, 0.717) is 29.5 Å². The van der Waals surface area contributed by atoms with E-state index in [1.807, 2.05) is 36.4 Å². The van der Waals surface area contributed by atoms with Gasteiger partial charge in [-0.3, -0.25) is 19.4 Å². The quantitative estimate of drug-likeness (QED) is 0.264. The largest absolute Gasteiger partial charge is 0.369 e. The van der Waals surface area contributed by atoms with Crippen LogP contribution >= 0.6 is 11.8 Å². The molecule has 7 nitrogen and oxygen atoms in total. The number of piperazine rings is 1. The highest BCUT2D eigenvalue weighted by molar-refractivity contribution is 8.06. The molecule has 196 valence electrons. The van der Waals surface area contributed by atoms with Gasteiger partial charge in [0.15, 0.2) is 0 Å². The average molecular weight is 540 g/mol. The van der Waals surface area contributed by atoms with Gasteiger partial charge in [0, 0.05) is 48.5 Å². The second-order valence-electron chi connectivity index (χ2n) is 9.07. The highest BCUT2D eigenvalue weighted by Crippen LogP contribution is 2.40. The molecular formula is C30H26FN5O2S. The Morgan fingerprint density at radius 3 is 2.15 bits per heavy atom. The van der Waals surface area contributed by atoms with Gasteiger partial charge in [-0.1, -0.05) is 60.3 Å². The van der Waals surface area contributed by atoms with Crippen molar-refractivity contribution >= 4 is 34.8 Å². The van der Waals surface area contributed by atoms with Gasteiger partial charge in [0.25, 0.3) is 0 Å². The Balaban J connectivity index is 1.29. The minimum atomic E-state index is -0.374. The van der Waals surface area contributed by atoms with Gasteiger partial charge in [0.1, 0.15) is 28.3 Å². The van der Waals surface area contributed by atoms with Gasteiger partial charge in [0.2, 0.25) is 11.7 Å². The highest BCUT2D eigenvalue weighted by Gasteiger charge is 2.31. The first-order valence-electron chi connectivity index (χ1n) is 12.5. The van der Waals surface area contributed by atoms with Crippen LogP contribution in [0.2, 0.25) is 0 Å². The standard InChI is InChI=1S/C30H26FN5O2S/c31-23-11-13-24(14-12-23)35-17-15-34(16-18-35)20-28(37)33-27-21-39-30(36(27)25-9-5-2-6-10-25)26(19-32)29(38)22-7-3-1-4-8-22/h1-14,21H,15-18,20H2,(H,33,37). The number of para-hydroxylation sites is 1. The van der Waals surface area contributed by atoms with Crippen molar-refractivity contribution in [3.05, 3.63) is 118 Å². The maximum Gasteiger partial charge on any atom is 0.239 e. The van der Waals surface area contributed by atoms with Crippen LogP contribution in [0.25, 0.3) is 0 Å². The lowest BCUT2D eigenvalue weighted by Gasteiger charge is -2.35. The van der Waals surface area contributed by atoms with Crippen LogP contribution in [0.3, 0.4) is 0 Å². The number of thioether (sulfide) groups is 1. The predicted octanol–water partition coefficient (Wildman–Crippen LogP) is 4.73. The summed E-state index contributed by atoms with van der Waals surface area (Å²) in [4.78, 5) is 32.3. The highest BCUT2D eigenvalue weighted by atomic mass is 32.2. The number of hydrogen-bond acceptors (Lipinski definition) is 7. The van der Waals surface area contributed by atoms with Crippen LogP contribution in [0.5, 0.6) is 0 Å². The summed E-state index contributed by atoms with van der Waals surface area (Å²) in [5.74, 6) is -0.333. The molecule has 2 heterocycles. The third kappa shape index (κ3) is 6.03. The fourth-order valence-corrected chi connectivity index (χ4v) is 5.50. The monoisotopic (exact) mass is 539 g/mol. The molecule has 0 bridgehead atoms. The van der Waals surface area contributed by atoms with Gasteiger partial charge < -0.3 is 10.2 Å². The zero-order chi connectivity index (χ0) is 27.2. The molecule has 39 heavy (non-hydrogen) atoms. The van der Waals surface area contributed by atoms with Gasteiger partial charge in [-0.2, -0.15) is 5.26 Å². The van der Waals surface area contributed by atoms with Gasteiger partial charge >= 0.3 is 0 Å². The zero-order valence-electron chi connectivity index (χ0n) is 21.1. The van der Waals surface area contributed by atoms with Crippen molar-refractivity contribution in [2.75, 3.05) is 42.5 Å². The minimum absolute atomic E-state index is 0.00691. The summed E-state index contributed by atoms with van der Waals surface area (Å²) in [5.41, 5.74) is 2.12. The summed E-state index contributed by atoms with van der Waals surface area (Å²) < 4.78 is 13.3. The molecule has 5 rings (SSSR count). The zero-order valence-corrected chi connectivity index (χ0v) is 21.9. The number of nitriles is 1. The van der Waals surface area contributed by atoms with Crippen molar-refractivity contribution in [2.45, 2.75) is 0 Å². The Hall–Kier alpha value is -4.39. The molecule has 0 saturated carbocycles. The van der Waals surface area contributed by atoms with E-state index in [4.69, 9.17) is 0 Å². The number of nitrogens with one attached hydrogen (secondary N) is 1. The molecule has 0 aromatic heterocycles. The molecule has 0 spiro atoms. The fraction of sp³-hybridized carbons (Fsp3) is 0.167. The first-order chi connectivity index (χ1) is 19.0. The van der Waals surface area contributed by atoms with E-state index in [-0.39, 0.29) is 29.6 Å². The Labute approximate surface area is 230 Å². The van der Waals surface area contributed by atoms with Crippen LogP contribution < -0.4 is 15.1 Å². The second-order valence-corrected chi connectivity index (χ2v) is 9.92. The van der Waals surface area contributed by atoms with Crippen molar-refractivity contribution in [3.63, 3.8) is 0 Å². The van der Waals surface area contributed by atoms with E-state index < -0.39 is 0 Å². The van der Waals surface area contributed by atoms with E-state index in [2.05, 4.69) is 21.2 Å². The number of carbonyl (C=O) groups excluding carboxylic acids is 2. The van der Waals surface area contributed by atoms with Crippen molar-refractivity contribution in [1.82, 2.24) is 10.2 Å². The Kier molecular flexibility index (Phi) is 8.06. The number of amides is 1. The molecule has 1 fully saturated rings.